The molecule has 0 radical (unpaired) electrons. The number of hydrogen-bond acceptors (Lipinski definition) is 3. The molecule has 0 saturated carbocycles. The quantitative estimate of drug-likeness (QED) is 0.597. The van der Waals surface area contributed by atoms with Crippen LogP contribution in [0.3, 0.4) is 0 Å². The standard InChI is InChI=1S/C21H19BrClN3O2/c1-12-8-15(22)4-6-18(12)25-20(27)11-26(3)21(28)17-10-14-9-16(23)5-7-19(14)24-13(17)2/h4-10H,11H2,1-3H3,(H,25,27). The van der Waals surface area contributed by atoms with Crippen LogP contribution in [0.2, 0.25) is 5.02 Å². The van der Waals surface area contributed by atoms with Gasteiger partial charge in [0.2, 0.25) is 5.91 Å². The monoisotopic (exact) mass is 459 g/mol. The van der Waals surface area contributed by atoms with Crippen LogP contribution in [0.25, 0.3) is 10.9 Å². The lowest BCUT2D eigenvalue weighted by Gasteiger charge is -2.18. The Morgan fingerprint density at radius 3 is 2.61 bits per heavy atom. The minimum absolute atomic E-state index is 0.0681. The maximum Gasteiger partial charge on any atom is 0.255 e. The van der Waals surface area contributed by atoms with Crippen LogP contribution in [-0.2, 0) is 4.79 Å². The maximum absolute atomic E-state index is 12.9. The molecule has 0 atom stereocenters. The highest BCUT2D eigenvalue weighted by Gasteiger charge is 2.19. The third-order valence-corrected chi connectivity index (χ3v) is 5.12. The van der Waals surface area contributed by atoms with Crippen molar-refractivity contribution in [3.63, 3.8) is 0 Å². The van der Waals surface area contributed by atoms with Crippen LogP contribution >= 0.6 is 27.5 Å². The number of aromatic nitrogens is 1. The van der Waals surface area contributed by atoms with Crippen molar-refractivity contribution in [2.75, 3.05) is 18.9 Å². The molecule has 3 aromatic rings. The number of fused-ring (bicyclic) bond motifs is 1. The second kappa shape index (κ2) is 8.29. The largest absolute Gasteiger partial charge is 0.332 e. The van der Waals surface area contributed by atoms with Crippen LogP contribution in [0.1, 0.15) is 21.6 Å². The average molecular weight is 461 g/mol. The van der Waals surface area contributed by atoms with Gasteiger partial charge in [-0.05, 0) is 61.9 Å². The number of pyridine rings is 1. The Balaban J connectivity index is 1.76. The molecule has 3 rings (SSSR count). The molecular weight excluding hydrogens is 442 g/mol. The Morgan fingerprint density at radius 2 is 1.89 bits per heavy atom. The number of aryl methyl sites for hydroxylation is 2. The minimum Gasteiger partial charge on any atom is -0.332 e. The van der Waals surface area contributed by atoms with E-state index in [1.54, 1.807) is 32.2 Å². The number of rotatable bonds is 4. The number of nitrogens with zero attached hydrogens (tertiary/aromatic N) is 2. The molecule has 0 unspecified atom stereocenters. The highest BCUT2D eigenvalue weighted by molar-refractivity contribution is 9.10. The van der Waals surface area contributed by atoms with Crippen LogP contribution in [0, 0.1) is 13.8 Å². The van der Waals surface area contributed by atoms with Gasteiger partial charge in [0.05, 0.1) is 23.3 Å². The van der Waals surface area contributed by atoms with E-state index in [1.165, 1.54) is 4.90 Å². The third-order valence-electron chi connectivity index (χ3n) is 4.39. The van der Waals surface area contributed by atoms with E-state index in [1.807, 2.05) is 31.2 Å². The van der Waals surface area contributed by atoms with Gasteiger partial charge in [-0.15, -0.1) is 0 Å². The maximum atomic E-state index is 12.9. The number of anilines is 1. The van der Waals surface area contributed by atoms with Crippen molar-refractivity contribution in [2.45, 2.75) is 13.8 Å². The first-order valence-corrected chi connectivity index (χ1v) is 9.80. The second-order valence-corrected chi connectivity index (χ2v) is 7.98. The van der Waals surface area contributed by atoms with Crippen LogP contribution in [0.5, 0.6) is 0 Å². The number of nitrogens with one attached hydrogen (secondary N) is 1. The number of benzene rings is 2. The average Bonchev–Trinajstić information content (AvgIpc) is 2.63. The fourth-order valence-corrected chi connectivity index (χ4v) is 3.57. The Kier molecular flexibility index (Phi) is 6.01. The van der Waals surface area contributed by atoms with Crippen LogP contribution in [0.15, 0.2) is 46.9 Å². The number of amides is 2. The molecule has 28 heavy (non-hydrogen) atoms. The van der Waals surface area contributed by atoms with Crippen molar-refractivity contribution in [1.29, 1.82) is 0 Å². The summed E-state index contributed by atoms with van der Waals surface area (Å²) in [5.74, 6) is -0.537. The van der Waals surface area contributed by atoms with E-state index >= 15 is 0 Å². The summed E-state index contributed by atoms with van der Waals surface area (Å²) in [5, 5.41) is 4.20. The molecule has 2 amide bonds. The predicted octanol–water partition coefficient (Wildman–Crippen LogP) is 4.98. The smallest absolute Gasteiger partial charge is 0.255 e. The normalized spacial score (nSPS) is 10.8. The molecule has 1 heterocycles. The molecule has 1 aromatic heterocycles. The van der Waals surface area contributed by atoms with Crippen molar-refractivity contribution in [3.8, 4) is 0 Å². The first-order chi connectivity index (χ1) is 13.2. The van der Waals surface area contributed by atoms with Crippen molar-refractivity contribution < 1.29 is 9.59 Å². The van der Waals surface area contributed by atoms with Gasteiger partial charge in [0.15, 0.2) is 0 Å². The zero-order valence-corrected chi connectivity index (χ0v) is 18.1. The SMILES string of the molecule is Cc1cc(Br)ccc1NC(=O)CN(C)C(=O)c1cc2cc(Cl)ccc2nc1C. The van der Waals surface area contributed by atoms with Gasteiger partial charge in [0.25, 0.3) is 5.91 Å². The third kappa shape index (κ3) is 4.51. The van der Waals surface area contributed by atoms with E-state index in [9.17, 15) is 9.59 Å². The zero-order valence-electron chi connectivity index (χ0n) is 15.7. The first-order valence-electron chi connectivity index (χ1n) is 8.63. The number of halogens is 2. The minimum atomic E-state index is -0.269. The van der Waals surface area contributed by atoms with Gasteiger partial charge in [-0.1, -0.05) is 27.5 Å². The predicted molar refractivity (Wildman–Crippen MR) is 116 cm³/mol. The van der Waals surface area contributed by atoms with Crippen LogP contribution in [-0.4, -0.2) is 35.3 Å². The fourth-order valence-electron chi connectivity index (χ4n) is 2.91. The molecule has 144 valence electrons. The summed E-state index contributed by atoms with van der Waals surface area (Å²) in [6.07, 6.45) is 0. The van der Waals surface area contributed by atoms with Crippen molar-refractivity contribution >= 4 is 55.9 Å². The summed E-state index contributed by atoms with van der Waals surface area (Å²) < 4.78 is 0.940. The second-order valence-electron chi connectivity index (χ2n) is 6.63. The van der Waals surface area contributed by atoms with E-state index in [2.05, 4.69) is 26.2 Å². The number of likely N-dealkylation sites (N-methyl/N-ethyl adjacent to an activating group) is 1. The highest BCUT2D eigenvalue weighted by Crippen LogP contribution is 2.22. The molecule has 0 aliphatic heterocycles. The lowest BCUT2D eigenvalue weighted by atomic mass is 10.1. The van der Waals surface area contributed by atoms with Gasteiger partial charge in [-0.3, -0.25) is 14.6 Å². The van der Waals surface area contributed by atoms with Crippen LogP contribution < -0.4 is 5.32 Å². The summed E-state index contributed by atoms with van der Waals surface area (Å²) in [6, 6.07) is 12.7. The summed E-state index contributed by atoms with van der Waals surface area (Å²) in [6.45, 7) is 3.62. The number of hydrogen-bond donors (Lipinski definition) is 1. The van der Waals surface area contributed by atoms with Crippen molar-refractivity contribution in [3.05, 3.63) is 68.8 Å². The Bertz CT molecular complexity index is 1080. The van der Waals surface area contributed by atoms with Gasteiger partial charge < -0.3 is 10.2 Å². The topological polar surface area (TPSA) is 62.3 Å². The summed E-state index contributed by atoms with van der Waals surface area (Å²) >= 11 is 9.44. The molecule has 5 nitrogen and oxygen atoms in total. The molecule has 2 aromatic carbocycles. The zero-order chi connectivity index (χ0) is 20.4. The summed E-state index contributed by atoms with van der Waals surface area (Å²) in [7, 11) is 1.60. The molecule has 0 aliphatic rings. The fraction of sp³-hybridized carbons (Fsp3) is 0.190. The summed E-state index contributed by atoms with van der Waals surface area (Å²) in [4.78, 5) is 31.1. The van der Waals surface area contributed by atoms with Crippen molar-refractivity contribution in [2.24, 2.45) is 0 Å². The van der Waals surface area contributed by atoms with E-state index in [0.29, 0.717) is 22.0 Å². The Labute approximate surface area is 176 Å². The van der Waals surface area contributed by atoms with Gasteiger partial charge in [0.1, 0.15) is 0 Å². The molecule has 0 spiro atoms. The van der Waals surface area contributed by atoms with Crippen molar-refractivity contribution in [1.82, 2.24) is 9.88 Å². The number of carbonyl (C=O) groups is 2. The Morgan fingerprint density at radius 1 is 1.14 bits per heavy atom. The summed E-state index contributed by atoms with van der Waals surface area (Å²) in [5.41, 5.74) is 3.47. The molecule has 0 fully saturated rings. The highest BCUT2D eigenvalue weighted by atomic mass is 79.9. The molecule has 7 heteroatoms. The first kappa shape index (κ1) is 20.3. The van der Waals surface area contributed by atoms with E-state index in [-0.39, 0.29) is 18.4 Å². The van der Waals surface area contributed by atoms with Gasteiger partial charge in [-0.2, -0.15) is 0 Å². The number of carbonyl (C=O) groups excluding carboxylic acids is 2. The van der Waals surface area contributed by atoms with Crippen LogP contribution in [0.4, 0.5) is 5.69 Å². The van der Waals surface area contributed by atoms with E-state index in [0.717, 1.165) is 20.9 Å². The molecule has 0 aliphatic carbocycles. The Hall–Kier alpha value is -2.44. The molecule has 0 saturated heterocycles. The van der Waals surface area contributed by atoms with E-state index < -0.39 is 0 Å². The van der Waals surface area contributed by atoms with E-state index in [4.69, 9.17) is 11.6 Å². The molecule has 1 N–H and O–H groups in total. The lowest BCUT2D eigenvalue weighted by molar-refractivity contribution is -0.116. The van der Waals surface area contributed by atoms with Gasteiger partial charge in [-0.25, -0.2) is 0 Å². The lowest BCUT2D eigenvalue weighted by Crippen LogP contribution is -2.35. The molecular formula is C21H19BrClN3O2. The van der Waals surface area contributed by atoms with Gasteiger partial charge in [0, 0.05) is 27.6 Å². The van der Waals surface area contributed by atoms with Gasteiger partial charge >= 0.3 is 0 Å². The molecule has 0 bridgehead atoms.